The zero-order chi connectivity index (χ0) is 20.1. The molecule has 1 heteroatoms. The van der Waals surface area contributed by atoms with E-state index in [0.29, 0.717) is 0 Å². The summed E-state index contributed by atoms with van der Waals surface area (Å²) < 4.78 is 0. The second kappa shape index (κ2) is 8.80. The van der Waals surface area contributed by atoms with Crippen LogP contribution in [0.1, 0.15) is 38.7 Å². The van der Waals surface area contributed by atoms with Crippen molar-refractivity contribution >= 4 is 23.6 Å². The Morgan fingerprint density at radius 3 is 1.76 bits per heavy atom. The Hall–Kier alpha value is -2.64. The Morgan fingerprint density at radius 2 is 1.28 bits per heavy atom. The zero-order valence-electron chi connectivity index (χ0n) is 17.6. The number of rotatable bonds is 7. The first-order valence-electron chi connectivity index (χ1n) is 10.8. The summed E-state index contributed by atoms with van der Waals surface area (Å²) in [5.74, 6) is 0. The Labute approximate surface area is 176 Å². The maximum Gasteiger partial charge on any atom is 0.175 e. The van der Waals surface area contributed by atoms with Crippen molar-refractivity contribution in [2.24, 2.45) is 0 Å². The molecule has 0 radical (unpaired) electrons. The second-order valence-corrected chi connectivity index (χ2v) is 12.0. The van der Waals surface area contributed by atoms with Crippen LogP contribution in [0.5, 0.6) is 0 Å². The number of benzene rings is 3. The Kier molecular flexibility index (Phi) is 5.96. The van der Waals surface area contributed by atoms with Gasteiger partial charge in [-0.25, -0.2) is 0 Å². The molecule has 0 nitrogen and oxygen atoms in total. The molecule has 0 saturated heterocycles. The summed E-state index contributed by atoms with van der Waals surface area (Å²) in [5, 5.41) is 6.03. The van der Waals surface area contributed by atoms with Crippen molar-refractivity contribution in [1.82, 2.24) is 0 Å². The fourth-order valence-corrected chi connectivity index (χ4v) is 9.68. The number of aryl methyl sites for hydroxylation is 1. The van der Waals surface area contributed by atoms with Crippen LogP contribution < -0.4 is 15.6 Å². The summed E-state index contributed by atoms with van der Waals surface area (Å²) in [4.78, 5) is 0. The smallest absolute Gasteiger partial charge is 0.0779 e. The van der Waals surface area contributed by atoms with E-state index in [-0.39, 0.29) is 0 Å². The van der Waals surface area contributed by atoms with Crippen LogP contribution in [0.25, 0.3) is 0 Å². The van der Waals surface area contributed by atoms with E-state index >= 15 is 0 Å². The van der Waals surface area contributed by atoms with E-state index in [0.717, 1.165) is 6.42 Å². The summed E-state index contributed by atoms with van der Waals surface area (Å²) in [7, 11) is -2.28. The van der Waals surface area contributed by atoms with Crippen molar-refractivity contribution in [2.75, 3.05) is 0 Å². The van der Waals surface area contributed by atoms with Gasteiger partial charge in [-0.3, -0.25) is 0 Å². The van der Waals surface area contributed by atoms with Crippen molar-refractivity contribution in [3.8, 4) is 0 Å². The third-order valence-corrected chi connectivity index (χ3v) is 11.1. The van der Waals surface area contributed by atoms with Gasteiger partial charge in [0.05, 0.1) is 0 Å². The molecule has 146 valence electrons. The van der Waals surface area contributed by atoms with Gasteiger partial charge < -0.3 is 0 Å². The van der Waals surface area contributed by atoms with Crippen molar-refractivity contribution in [1.29, 1.82) is 0 Å². The standard InChI is InChI=1S/C28H30Si/c1-3-4-11-24-17-20-27(21-18-24)29(25-12-7-5-8-13-25,26-14-9-6-10-15-26)28-19-16-23(2)22-28/h5-10,12-18,20-22H,3-4,11,19H2,1-2H3. The van der Waals surface area contributed by atoms with Crippen LogP contribution in [-0.2, 0) is 6.42 Å². The average molecular weight is 395 g/mol. The normalized spacial score (nSPS) is 13.9. The van der Waals surface area contributed by atoms with Crippen molar-refractivity contribution in [2.45, 2.75) is 39.5 Å². The van der Waals surface area contributed by atoms with Crippen LogP contribution in [0.3, 0.4) is 0 Å². The Bertz CT molecular complexity index is 956. The maximum absolute atomic E-state index is 2.46. The zero-order valence-corrected chi connectivity index (χ0v) is 18.6. The summed E-state index contributed by atoms with van der Waals surface area (Å²) >= 11 is 0. The third kappa shape index (κ3) is 3.80. The summed E-state index contributed by atoms with van der Waals surface area (Å²) in [6.07, 6.45) is 9.57. The van der Waals surface area contributed by atoms with Crippen LogP contribution in [0.15, 0.2) is 108 Å². The number of unbranched alkanes of at least 4 members (excludes halogenated alkanes) is 1. The highest BCUT2D eigenvalue weighted by atomic mass is 28.3. The lowest BCUT2D eigenvalue weighted by molar-refractivity contribution is 0.795. The summed E-state index contributed by atoms with van der Waals surface area (Å²) in [6, 6.07) is 32.0. The maximum atomic E-state index is 2.46. The summed E-state index contributed by atoms with van der Waals surface area (Å²) in [5.41, 5.74) is 2.85. The van der Waals surface area contributed by atoms with Gasteiger partial charge in [0.25, 0.3) is 0 Å². The van der Waals surface area contributed by atoms with Gasteiger partial charge in [0.2, 0.25) is 0 Å². The largest absolute Gasteiger partial charge is 0.175 e. The van der Waals surface area contributed by atoms with E-state index in [4.69, 9.17) is 0 Å². The number of allylic oxidation sites excluding steroid dienone is 4. The van der Waals surface area contributed by atoms with Crippen molar-refractivity contribution < 1.29 is 0 Å². The predicted octanol–water partition coefficient (Wildman–Crippen LogP) is 5.32. The minimum Gasteiger partial charge on any atom is -0.0779 e. The highest BCUT2D eigenvalue weighted by molar-refractivity contribution is 7.16. The van der Waals surface area contributed by atoms with Crippen LogP contribution in [0.4, 0.5) is 0 Å². The second-order valence-electron chi connectivity index (χ2n) is 8.10. The van der Waals surface area contributed by atoms with Crippen molar-refractivity contribution in [3.05, 3.63) is 113 Å². The van der Waals surface area contributed by atoms with E-state index < -0.39 is 8.07 Å². The third-order valence-electron chi connectivity index (χ3n) is 6.15. The molecule has 1 aliphatic rings. The molecule has 4 rings (SSSR count). The van der Waals surface area contributed by atoms with E-state index in [9.17, 15) is 0 Å². The molecule has 0 unspecified atom stereocenters. The van der Waals surface area contributed by atoms with Gasteiger partial charge in [-0.05, 0) is 47.3 Å². The average Bonchev–Trinajstić information content (AvgIpc) is 3.21. The monoisotopic (exact) mass is 394 g/mol. The van der Waals surface area contributed by atoms with Gasteiger partial charge in [0.15, 0.2) is 8.07 Å². The highest BCUT2D eigenvalue weighted by Crippen LogP contribution is 2.27. The van der Waals surface area contributed by atoms with Crippen LogP contribution in [0, 0.1) is 0 Å². The highest BCUT2D eigenvalue weighted by Gasteiger charge is 2.43. The molecule has 0 N–H and O–H groups in total. The summed E-state index contributed by atoms with van der Waals surface area (Å²) in [6.45, 7) is 4.50. The molecule has 0 fully saturated rings. The van der Waals surface area contributed by atoms with E-state index in [1.165, 1.54) is 46.0 Å². The Balaban J connectivity index is 1.94. The number of hydrogen-bond acceptors (Lipinski definition) is 0. The molecule has 0 saturated carbocycles. The minimum absolute atomic E-state index is 1.05. The predicted molar refractivity (Wildman–Crippen MR) is 129 cm³/mol. The molecule has 0 aliphatic heterocycles. The molecule has 0 bridgehead atoms. The van der Waals surface area contributed by atoms with E-state index in [1.54, 1.807) is 5.20 Å². The van der Waals surface area contributed by atoms with Gasteiger partial charge >= 0.3 is 0 Å². The fraction of sp³-hybridized carbons (Fsp3) is 0.214. The van der Waals surface area contributed by atoms with Crippen LogP contribution in [0.2, 0.25) is 0 Å². The molecule has 0 amide bonds. The molecular weight excluding hydrogens is 364 g/mol. The van der Waals surface area contributed by atoms with Gasteiger partial charge in [0, 0.05) is 0 Å². The first-order valence-corrected chi connectivity index (χ1v) is 12.8. The molecule has 0 aromatic heterocycles. The molecule has 1 aliphatic carbocycles. The molecular formula is C28H30Si. The lowest BCUT2D eigenvalue weighted by Crippen LogP contribution is -2.68. The van der Waals surface area contributed by atoms with Gasteiger partial charge in [0.1, 0.15) is 0 Å². The molecule has 0 spiro atoms. The van der Waals surface area contributed by atoms with E-state index in [2.05, 4.69) is 111 Å². The lowest BCUT2D eigenvalue weighted by atomic mass is 10.1. The van der Waals surface area contributed by atoms with Gasteiger partial charge in [-0.2, -0.15) is 0 Å². The molecule has 0 heterocycles. The van der Waals surface area contributed by atoms with Crippen molar-refractivity contribution in [3.63, 3.8) is 0 Å². The number of hydrogen-bond donors (Lipinski definition) is 0. The molecule has 0 atom stereocenters. The molecule has 3 aromatic carbocycles. The molecule has 3 aromatic rings. The Morgan fingerprint density at radius 1 is 0.724 bits per heavy atom. The molecule has 29 heavy (non-hydrogen) atoms. The minimum atomic E-state index is -2.28. The fourth-order valence-electron chi connectivity index (χ4n) is 4.66. The van der Waals surface area contributed by atoms with Crippen LogP contribution in [-0.4, -0.2) is 8.07 Å². The quantitative estimate of drug-likeness (QED) is 0.376. The van der Waals surface area contributed by atoms with Crippen LogP contribution >= 0.6 is 0 Å². The van der Waals surface area contributed by atoms with E-state index in [1.807, 2.05) is 0 Å². The lowest BCUT2D eigenvalue weighted by Gasteiger charge is -2.35. The van der Waals surface area contributed by atoms with Gasteiger partial charge in [-0.15, -0.1) is 0 Å². The first-order chi connectivity index (χ1) is 14.2. The van der Waals surface area contributed by atoms with Gasteiger partial charge in [-0.1, -0.05) is 121 Å². The SMILES string of the molecule is CCCCc1ccc([Si](C2=CC(C)=CC2)(c2ccccc2)c2ccccc2)cc1. The topological polar surface area (TPSA) is 0 Å². The first kappa shape index (κ1) is 19.7.